The van der Waals surface area contributed by atoms with Crippen molar-refractivity contribution in [1.82, 2.24) is 0 Å². The van der Waals surface area contributed by atoms with Gasteiger partial charge in [-0.2, -0.15) is 0 Å². The zero-order valence-electron chi connectivity index (χ0n) is 12.3. The Hall–Kier alpha value is -1.98. The number of hydrogen-bond acceptors (Lipinski definition) is 4. The summed E-state index contributed by atoms with van der Waals surface area (Å²) < 4.78 is 37.4. The molecule has 1 aromatic rings. The largest absolute Gasteiger partial charge is 0.487 e. The van der Waals surface area contributed by atoms with E-state index in [2.05, 4.69) is 4.74 Å². The quantitative estimate of drug-likeness (QED) is 0.618. The maximum absolute atomic E-state index is 13.8. The van der Waals surface area contributed by atoms with E-state index >= 15 is 0 Å². The Morgan fingerprint density at radius 3 is 2.50 bits per heavy atom. The first-order valence-electron chi connectivity index (χ1n) is 7.21. The number of carbonyl (C=O) groups excluding carboxylic acids is 2. The summed E-state index contributed by atoms with van der Waals surface area (Å²) in [4.78, 5) is 21.8. The lowest BCUT2D eigenvalue weighted by Crippen LogP contribution is -2.26. The van der Waals surface area contributed by atoms with E-state index in [9.17, 15) is 18.4 Å². The molecule has 22 heavy (non-hydrogen) atoms. The maximum Gasteiger partial charge on any atom is 0.305 e. The second-order valence-corrected chi connectivity index (χ2v) is 5.46. The molecule has 1 aliphatic carbocycles. The molecule has 0 atom stereocenters. The SMILES string of the molecule is COC(=O)CC1CCC(Oc2cc(F)c(C=O)cc2F)CC1. The molecule has 0 N–H and O–H groups in total. The third kappa shape index (κ3) is 4.02. The minimum Gasteiger partial charge on any atom is -0.487 e. The molecule has 6 heteroatoms. The van der Waals surface area contributed by atoms with Crippen molar-refractivity contribution in [2.75, 3.05) is 7.11 Å². The fourth-order valence-electron chi connectivity index (χ4n) is 2.68. The fraction of sp³-hybridized carbons (Fsp3) is 0.500. The Labute approximate surface area is 127 Å². The number of methoxy groups -OCH3 is 1. The molecule has 1 fully saturated rings. The van der Waals surface area contributed by atoms with Crippen LogP contribution in [0.3, 0.4) is 0 Å². The van der Waals surface area contributed by atoms with Gasteiger partial charge in [0.2, 0.25) is 0 Å². The van der Waals surface area contributed by atoms with Gasteiger partial charge in [0.15, 0.2) is 17.9 Å². The molecule has 1 aliphatic rings. The minimum atomic E-state index is -0.800. The van der Waals surface area contributed by atoms with Crippen LogP contribution in [-0.4, -0.2) is 25.5 Å². The van der Waals surface area contributed by atoms with Crippen LogP contribution in [0.1, 0.15) is 42.5 Å². The predicted molar refractivity (Wildman–Crippen MR) is 74.8 cm³/mol. The second kappa shape index (κ2) is 7.33. The first kappa shape index (κ1) is 16.4. The Morgan fingerprint density at radius 1 is 1.23 bits per heavy atom. The predicted octanol–water partition coefficient (Wildman–Crippen LogP) is 3.28. The van der Waals surface area contributed by atoms with Gasteiger partial charge in [0.05, 0.1) is 18.8 Å². The van der Waals surface area contributed by atoms with Gasteiger partial charge in [0.25, 0.3) is 0 Å². The summed E-state index contributed by atoms with van der Waals surface area (Å²) in [7, 11) is 1.36. The number of rotatable bonds is 5. The second-order valence-electron chi connectivity index (χ2n) is 5.46. The standard InChI is InChI=1S/C16H18F2O4/c1-21-16(20)6-10-2-4-12(5-3-10)22-15-8-13(17)11(9-19)7-14(15)18/h7-10,12H,2-6H2,1H3. The molecule has 120 valence electrons. The summed E-state index contributed by atoms with van der Waals surface area (Å²) in [6.07, 6.45) is 3.30. The van der Waals surface area contributed by atoms with Gasteiger partial charge in [-0.15, -0.1) is 0 Å². The van der Waals surface area contributed by atoms with Crippen LogP contribution in [0.5, 0.6) is 5.75 Å². The molecule has 1 saturated carbocycles. The van der Waals surface area contributed by atoms with Gasteiger partial charge in [0.1, 0.15) is 5.82 Å². The van der Waals surface area contributed by atoms with E-state index in [1.54, 1.807) is 0 Å². The first-order chi connectivity index (χ1) is 10.5. The lowest BCUT2D eigenvalue weighted by Gasteiger charge is -2.28. The van der Waals surface area contributed by atoms with Crippen LogP contribution in [-0.2, 0) is 9.53 Å². The van der Waals surface area contributed by atoms with Crippen molar-refractivity contribution in [3.05, 3.63) is 29.3 Å². The number of hydrogen-bond donors (Lipinski definition) is 0. The zero-order valence-corrected chi connectivity index (χ0v) is 12.3. The number of halogens is 2. The van der Waals surface area contributed by atoms with Crippen LogP contribution in [0.4, 0.5) is 8.78 Å². The molecule has 0 saturated heterocycles. The van der Waals surface area contributed by atoms with E-state index < -0.39 is 11.6 Å². The molecule has 0 unspecified atom stereocenters. The highest BCUT2D eigenvalue weighted by atomic mass is 19.1. The lowest BCUT2D eigenvalue weighted by molar-refractivity contribution is -0.142. The number of esters is 1. The van der Waals surface area contributed by atoms with Crippen molar-refractivity contribution in [3.8, 4) is 5.75 Å². The molecule has 0 amide bonds. The molecule has 4 nitrogen and oxygen atoms in total. The summed E-state index contributed by atoms with van der Waals surface area (Å²) in [6, 6.07) is 1.74. The van der Waals surface area contributed by atoms with Gasteiger partial charge >= 0.3 is 5.97 Å². The number of benzene rings is 1. The number of ether oxygens (including phenoxy) is 2. The number of carbonyl (C=O) groups is 2. The first-order valence-corrected chi connectivity index (χ1v) is 7.21. The van der Waals surface area contributed by atoms with Crippen LogP contribution < -0.4 is 4.74 Å². The van der Waals surface area contributed by atoms with Crippen molar-refractivity contribution < 1.29 is 27.8 Å². The smallest absolute Gasteiger partial charge is 0.305 e. The third-order valence-corrected chi connectivity index (χ3v) is 3.95. The van der Waals surface area contributed by atoms with Gasteiger partial charge in [-0.05, 0) is 37.7 Å². The van der Waals surface area contributed by atoms with E-state index in [0.29, 0.717) is 19.3 Å². The van der Waals surface area contributed by atoms with Crippen molar-refractivity contribution >= 4 is 12.3 Å². The van der Waals surface area contributed by atoms with Crippen molar-refractivity contribution in [2.45, 2.75) is 38.2 Å². The van der Waals surface area contributed by atoms with E-state index in [4.69, 9.17) is 4.74 Å². The molecule has 0 heterocycles. The van der Waals surface area contributed by atoms with Crippen LogP contribution in [0.2, 0.25) is 0 Å². The maximum atomic E-state index is 13.8. The fourth-order valence-corrected chi connectivity index (χ4v) is 2.68. The Bertz CT molecular complexity index is 551. The molecule has 1 aromatic carbocycles. The summed E-state index contributed by atoms with van der Waals surface area (Å²) in [6.45, 7) is 0. The van der Waals surface area contributed by atoms with Gasteiger partial charge in [0, 0.05) is 12.5 Å². The topological polar surface area (TPSA) is 52.6 Å². The molecule has 2 rings (SSSR count). The highest BCUT2D eigenvalue weighted by molar-refractivity contribution is 5.75. The number of aldehydes is 1. The van der Waals surface area contributed by atoms with Gasteiger partial charge in [-0.25, -0.2) is 8.78 Å². The van der Waals surface area contributed by atoms with Crippen LogP contribution >= 0.6 is 0 Å². The Kier molecular flexibility index (Phi) is 5.46. The van der Waals surface area contributed by atoms with E-state index in [1.165, 1.54) is 7.11 Å². The minimum absolute atomic E-state index is 0.181. The summed E-state index contributed by atoms with van der Waals surface area (Å²) >= 11 is 0. The molecule has 0 spiro atoms. The normalized spacial score (nSPS) is 21.2. The van der Waals surface area contributed by atoms with E-state index in [1.807, 2.05) is 0 Å². The van der Waals surface area contributed by atoms with Crippen molar-refractivity contribution in [1.29, 1.82) is 0 Å². The van der Waals surface area contributed by atoms with Gasteiger partial charge in [-0.1, -0.05) is 0 Å². The van der Waals surface area contributed by atoms with Gasteiger partial charge < -0.3 is 9.47 Å². The van der Waals surface area contributed by atoms with Crippen LogP contribution in [0.25, 0.3) is 0 Å². The van der Waals surface area contributed by atoms with Crippen molar-refractivity contribution in [2.24, 2.45) is 5.92 Å². The monoisotopic (exact) mass is 312 g/mol. The third-order valence-electron chi connectivity index (χ3n) is 3.95. The average molecular weight is 312 g/mol. The molecule has 0 aromatic heterocycles. The van der Waals surface area contributed by atoms with E-state index in [-0.39, 0.29) is 35.6 Å². The average Bonchev–Trinajstić information content (AvgIpc) is 2.52. The highest BCUT2D eigenvalue weighted by Gasteiger charge is 2.25. The van der Waals surface area contributed by atoms with Gasteiger partial charge in [-0.3, -0.25) is 9.59 Å². The molecule has 0 aliphatic heterocycles. The summed E-state index contributed by atoms with van der Waals surface area (Å²) in [5.41, 5.74) is -0.327. The molecule has 0 bridgehead atoms. The highest BCUT2D eigenvalue weighted by Crippen LogP contribution is 2.31. The lowest BCUT2D eigenvalue weighted by atomic mass is 9.85. The summed E-state index contributed by atoms with van der Waals surface area (Å²) in [5.74, 6) is -1.72. The van der Waals surface area contributed by atoms with Crippen LogP contribution in [0, 0.1) is 17.6 Å². The molecular weight excluding hydrogens is 294 g/mol. The molecular formula is C16H18F2O4. The Morgan fingerprint density at radius 2 is 1.91 bits per heavy atom. The summed E-state index contributed by atoms with van der Waals surface area (Å²) in [5, 5.41) is 0. The Balaban J connectivity index is 1.92. The zero-order chi connectivity index (χ0) is 16.1. The van der Waals surface area contributed by atoms with Crippen molar-refractivity contribution in [3.63, 3.8) is 0 Å². The van der Waals surface area contributed by atoms with Crippen LogP contribution in [0.15, 0.2) is 12.1 Å². The molecule has 0 radical (unpaired) electrons. The van der Waals surface area contributed by atoms with E-state index in [0.717, 1.165) is 25.0 Å².